The number of carbonyl (C=O) groups excluding carboxylic acids is 1. The van der Waals surface area contributed by atoms with E-state index in [-0.39, 0.29) is 33.9 Å². The fourth-order valence-corrected chi connectivity index (χ4v) is 3.33. The van der Waals surface area contributed by atoms with Crippen molar-refractivity contribution >= 4 is 34.2 Å². The molecule has 2 heterocycles. The van der Waals surface area contributed by atoms with Gasteiger partial charge in [-0.25, -0.2) is 9.67 Å². The topological polar surface area (TPSA) is 106 Å². The quantitative estimate of drug-likeness (QED) is 0.487. The van der Waals surface area contributed by atoms with Gasteiger partial charge in [-0.15, -0.1) is 0 Å². The Hall–Kier alpha value is -4.17. The molecule has 4 rings (SSSR count). The minimum absolute atomic E-state index is 0.0316. The van der Waals surface area contributed by atoms with Crippen LogP contribution in [-0.2, 0) is 17.5 Å². The molecule has 1 amide bonds. The first-order valence-electron chi connectivity index (χ1n) is 9.27. The third-order valence-corrected chi connectivity index (χ3v) is 4.97. The molecule has 0 bridgehead atoms. The molecule has 0 aliphatic carbocycles. The molecule has 12 heteroatoms. The van der Waals surface area contributed by atoms with Crippen LogP contribution in [0.4, 0.5) is 18.9 Å². The Balaban J connectivity index is 1.60. The zero-order valence-electron chi connectivity index (χ0n) is 16.5. The van der Waals surface area contributed by atoms with Crippen LogP contribution >= 0.6 is 11.6 Å². The van der Waals surface area contributed by atoms with E-state index in [4.69, 9.17) is 16.9 Å². The van der Waals surface area contributed by atoms with Crippen molar-refractivity contribution in [3.8, 4) is 11.8 Å². The average molecular weight is 473 g/mol. The van der Waals surface area contributed by atoms with Gasteiger partial charge >= 0.3 is 6.18 Å². The Labute approximate surface area is 188 Å². The van der Waals surface area contributed by atoms with Crippen LogP contribution in [0.2, 0.25) is 5.02 Å². The molecule has 2 aromatic heterocycles. The summed E-state index contributed by atoms with van der Waals surface area (Å²) in [5.41, 5.74) is -0.737. The van der Waals surface area contributed by atoms with Crippen LogP contribution in [-0.4, -0.2) is 25.2 Å². The maximum Gasteiger partial charge on any atom is 0.416 e. The van der Waals surface area contributed by atoms with Crippen LogP contribution in [0, 0.1) is 11.3 Å². The first-order valence-corrected chi connectivity index (χ1v) is 9.65. The van der Waals surface area contributed by atoms with Gasteiger partial charge in [0.1, 0.15) is 24.3 Å². The molecule has 0 unspecified atom stereocenters. The molecule has 0 radical (unpaired) electrons. The van der Waals surface area contributed by atoms with Crippen molar-refractivity contribution in [3.63, 3.8) is 0 Å². The highest BCUT2D eigenvalue weighted by Gasteiger charge is 2.30. The Morgan fingerprint density at radius 2 is 2.00 bits per heavy atom. The van der Waals surface area contributed by atoms with Crippen LogP contribution in [0.25, 0.3) is 16.7 Å². The number of halogens is 4. The van der Waals surface area contributed by atoms with E-state index in [0.29, 0.717) is 5.69 Å². The number of rotatable bonds is 4. The minimum Gasteiger partial charge on any atom is -0.324 e. The lowest BCUT2D eigenvalue weighted by Crippen LogP contribution is -2.27. The van der Waals surface area contributed by atoms with Gasteiger partial charge in [-0.3, -0.25) is 14.2 Å². The minimum atomic E-state index is -4.54. The lowest BCUT2D eigenvalue weighted by Gasteiger charge is -2.10. The number of nitrogens with zero attached hydrogens (tertiary/aromatic N) is 5. The number of anilines is 1. The summed E-state index contributed by atoms with van der Waals surface area (Å²) in [6.07, 6.45) is -2.24. The molecule has 0 aliphatic rings. The highest BCUT2D eigenvalue weighted by atomic mass is 35.5. The molecule has 0 aliphatic heterocycles. The molecule has 8 nitrogen and oxygen atoms in total. The lowest BCUT2D eigenvalue weighted by molar-refractivity contribution is -0.137. The summed E-state index contributed by atoms with van der Waals surface area (Å²) >= 11 is 5.94. The van der Waals surface area contributed by atoms with Gasteiger partial charge in [0.2, 0.25) is 5.91 Å². The Morgan fingerprint density at radius 1 is 1.21 bits per heavy atom. The number of hydrogen-bond acceptors (Lipinski definition) is 5. The second-order valence-corrected chi connectivity index (χ2v) is 7.28. The van der Waals surface area contributed by atoms with E-state index in [0.717, 1.165) is 27.7 Å². The summed E-state index contributed by atoms with van der Waals surface area (Å²) in [6.45, 7) is -0.381. The average Bonchev–Trinajstić information content (AvgIpc) is 3.20. The predicted molar refractivity (Wildman–Crippen MR) is 113 cm³/mol. The number of nitriles is 1. The van der Waals surface area contributed by atoms with Crippen LogP contribution < -0.4 is 10.9 Å². The zero-order chi connectivity index (χ0) is 23.8. The van der Waals surface area contributed by atoms with Crippen molar-refractivity contribution in [2.75, 3.05) is 5.32 Å². The third kappa shape index (κ3) is 4.42. The van der Waals surface area contributed by atoms with Crippen molar-refractivity contribution in [1.29, 1.82) is 5.26 Å². The van der Waals surface area contributed by atoms with Crippen molar-refractivity contribution in [3.05, 3.63) is 81.5 Å². The maximum absolute atomic E-state index is 13.0. The van der Waals surface area contributed by atoms with E-state index in [1.807, 2.05) is 6.07 Å². The number of nitrogens with one attached hydrogen (secondary N) is 1. The van der Waals surface area contributed by atoms with Crippen molar-refractivity contribution in [2.45, 2.75) is 12.7 Å². The molecular formula is C21H12ClF3N6O2. The highest BCUT2D eigenvalue weighted by molar-refractivity contribution is 6.32. The number of amides is 1. The normalized spacial score (nSPS) is 11.4. The molecule has 0 spiro atoms. The molecule has 0 saturated carbocycles. The highest BCUT2D eigenvalue weighted by Crippen LogP contribution is 2.30. The molecule has 0 fully saturated rings. The molecular weight excluding hydrogens is 461 g/mol. The molecule has 1 N–H and O–H groups in total. The van der Waals surface area contributed by atoms with Crippen molar-refractivity contribution in [2.24, 2.45) is 0 Å². The predicted octanol–water partition coefficient (Wildman–Crippen LogP) is 3.76. The Bertz CT molecular complexity index is 1490. The fourth-order valence-electron chi connectivity index (χ4n) is 3.10. The summed E-state index contributed by atoms with van der Waals surface area (Å²) in [4.78, 5) is 29.2. The molecule has 4 aromatic rings. The third-order valence-electron chi connectivity index (χ3n) is 4.66. The van der Waals surface area contributed by atoms with Gasteiger partial charge < -0.3 is 5.32 Å². The summed E-state index contributed by atoms with van der Waals surface area (Å²) < 4.78 is 41.2. The molecule has 166 valence electrons. The number of fused-ring (bicyclic) bond motifs is 1. The number of benzene rings is 2. The van der Waals surface area contributed by atoms with Crippen LogP contribution in [0.5, 0.6) is 0 Å². The standard InChI is InChI=1S/C21H12ClF3N6O2/c22-17-7-14(5-4-12(17)8-26)29-18(32)10-30-11-27-19-16(20(30)33)9-28-31(19)15-3-1-2-13(6-15)21(23,24)25/h1-7,9,11H,10H2,(H,29,32). The number of carbonyl (C=O) groups is 1. The first kappa shape index (κ1) is 22.0. The van der Waals surface area contributed by atoms with Gasteiger partial charge in [-0.05, 0) is 36.4 Å². The largest absolute Gasteiger partial charge is 0.416 e. The molecule has 0 saturated heterocycles. The second kappa shape index (κ2) is 8.40. The fraction of sp³-hybridized carbons (Fsp3) is 0.0952. The van der Waals surface area contributed by atoms with E-state index >= 15 is 0 Å². The van der Waals surface area contributed by atoms with E-state index in [1.54, 1.807) is 0 Å². The summed E-state index contributed by atoms with van der Waals surface area (Å²) in [5.74, 6) is -0.552. The molecule has 0 atom stereocenters. The second-order valence-electron chi connectivity index (χ2n) is 6.87. The van der Waals surface area contributed by atoms with Crippen LogP contribution in [0.1, 0.15) is 11.1 Å². The molecule has 2 aromatic carbocycles. The van der Waals surface area contributed by atoms with Gasteiger partial charge in [0.05, 0.1) is 28.0 Å². The van der Waals surface area contributed by atoms with Crippen molar-refractivity contribution in [1.82, 2.24) is 19.3 Å². The van der Waals surface area contributed by atoms with E-state index in [9.17, 15) is 22.8 Å². The monoisotopic (exact) mass is 472 g/mol. The zero-order valence-corrected chi connectivity index (χ0v) is 17.2. The summed E-state index contributed by atoms with van der Waals surface area (Å²) in [5, 5.41) is 15.7. The SMILES string of the molecule is N#Cc1ccc(NC(=O)Cn2cnc3c(cnn3-c3cccc(C(F)(F)F)c3)c2=O)cc1Cl. The first-order chi connectivity index (χ1) is 15.7. The molecule has 33 heavy (non-hydrogen) atoms. The smallest absolute Gasteiger partial charge is 0.324 e. The van der Waals surface area contributed by atoms with Crippen molar-refractivity contribution < 1.29 is 18.0 Å². The number of aromatic nitrogens is 4. The Morgan fingerprint density at radius 3 is 2.70 bits per heavy atom. The van der Waals surface area contributed by atoms with Gasteiger partial charge in [0.15, 0.2) is 5.65 Å². The Kier molecular flexibility index (Phi) is 5.61. The lowest BCUT2D eigenvalue weighted by atomic mass is 10.2. The van der Waals surface area contributed by atoms with E-state index < -0.39 is 23.2 Å². The maximum atomic E-state index is 13.0. The van der Waals surface area contributed by atoms with Gasteiger partial charge in [-0.2, -0.15) is 23.5 Å². The van der Waals surface area contributed by atoms with Crippen LogP contribution in [0.3, 0.4) is 0 Å². The van der Waals surface area contributed by atoms with E-state index in [1.165, 1.54) is 36.5 Å². The van der Waals surface area contributed by atoms with E-state index in [2.05, 4.69) is 15.4 Å². The van der Waals surface area contributed by atoms with Gasteiger partial charge in [0, 0.05) is 5.69 Å². The van der Waals surface area contributed by atoms with Crippen LogP contribution in [0.15, 0.2) is 59.8 Å². The van der Waals surface area contributed by atoms with Gasteiger partial charge in [-0.1, -0.05) is 17.7 Å². The number of hydrogen-bond donors (Lipinski definition) is 1. The number of alkyl halides is 3. The summed E-state index contributed by atoms with van der Waals surface area (Å²) in [6, 6.07) is 10.7. The van der Waals surface area contributed by atoms with Gasteiger partial charge in [0.25, 0.3) is 5.56 Å². The summed E-state index contributed by atoms with van der Waals surface area (Å²) in [7, 11) is 0.